The predicted octanol–water partition coefficient (Wildman–Crippen LogP) is 2.03. The molecule has 28 heavy (non-hydrogen) atoms. The Labute approximate surface area is 161 Å². The van der Waals surface area contributed by atoms with Gasteiger partial charge >= 0.3 is 0 Å². The quantitative estimate of drug-likeness (QED) is 0.692. The minimum absolute atomic E-state index is 0. The van der Waals surface area contributed by atoms with Crippen LogP contribution in [-0.2, 0) is 9.53 Å². The fraction of sp³-hybridized carbons (Fsp3) is 0.278. The third-order valence-electron chi connectivity index (χ3n) is 4.47. The van der Waals surface area contributed by atoms with E-state index in [-0.39, 0.29) is 13.9 Å². The van der Waals surface area contributed by atoms with Crippen molar-refractivity contribution in [3.63, 3.8) is 0 Å². The van der Waals surface area contributed by atoms with E-state index in [2.05, 4.69) is 30.5 Å². The van der Waals surface area contributed by atoms with Crippen LogP contribution < -0.4 is 10.2 Å². The van der Waals surface area contributed by atoms with Crippen molar-refractivity contribution in [2.24, 2.45) is 0 Å². The zero-order valence-electron chi connectivity index (χ0n) is 15.4. The minimum Gasteiger partial charge on any atom is -0.383 e. The molecule has 0 saturated heterocycles. The molecule has 0 bridgehead atoms. The van der Waals surface area contributed by atoms with Crippen LogP contribution in [0.25, 0.3) is 22.6 Å². The molecule has 0 unspecified atom stereocenters. The zero-order valence-corrected chi connectivity index (χ0v) is 15.4. The van der Waals surface area contributed by atoms with Crippen molar-refractivity contribution < 1.29 is 15.3 Å². The van der Waals surface area contributed by atoms with E-state index in [1.165, 1.54) is 18.6 Å². The van der Waals surface area contributed by atoms with Crippen molar-refractivity contribution in [3.8, 4) is 22.6 Å². The van der Waals surface area contributed by atoms with Crippen molar-refractivity contribution in [1.82, 2.24) is 25.1 Å². The number of aromatic amines is 1. The monoisotopic (exact) mass is 385 g/mol. The van der Waals surface area contributed by atoms with Crippen LogP contribution in [0.4, 0.5) is 16.0 Å². The van der Waals surface area contributed by atoms with Crippen molar-refractivity contribution in [2.45, 2.75) is 6.92 Å². The number of H-pyrrole nitrogens is 1. The highest BCUT2D eigenvalue weighted by Crippen LogP contribution is 2.32. The average Bonchev–Trinajstić information content (AvgIpc) is 3.21. The van der Waals surface area contributed by atoms with E-state index in [9.17, 15) is 9.18 Å². The molecule has 0 radical (unpaired) electrons. The van der Waals surface area contributed by atoms with E-state index < -0.39 is 5.82 Å². The second-order valence-electron chi connectivity index (χ2n) is 6.37. The summed E-state index contributed by atoms with van der Waals surface area (Å²) >= 11 is 0. The fourth-order valence-electron chi connectivity index (χ4n) is 3.10. The molecule has 0 saturated carbocycles. The summed E-state index contributed by atoms with van der Waals surface area (Å²) in [5.41, 5.74) is 2.27. The molecule has 3 heterocycles. The topological polar surface area (TPSA) is 109 Å². The number of hydrogen-bond donors (Lipinski definition) is 2. The Bertz CT molecular complexity index is 1030. The van der Waals surface area contributed by atoms with Gasteiger partial charge in [0.05, 0.1) is 30.6 Å². The number of ether oxygens (including phenoxy) is 1. The number of amides is 1. The molecule has 10 heteroatoms. The summed E-state index contributed by atoms with van der Waals surface area (Å²) in [6.07, 6.45) is 2.85. The van der Waals surface area contributed by atoms with E-state index in [1.807, 2.05) is 6.92 Å². The summed E-state index contributed by atoms with van der Waals surface area (Å²) < 4.78 is 19.8. The molecule has 2 aromatic heterocycles. The number of nitrogens with one attached hydrogen (secondary N) is 2. The highest BCUT2D eigenvalue weighted by Gasteiger charge is 2.25. The van der Waals surface area contributed by atoms with Crippen molar-refractivity contribution in [2.75, 3.05) is 37.0 Å². The lowest BCUT2D eigenvalue weighted by molar-refractivity contribution is -0.115. The maximum absolute atomic E-state index is 14.7. The maximum Gasteiger partial charge on any atom is 0.245 e. The van der Waals surface area contributed by atoms with E-state index >= 15 is 0 Å². The van der Waals surface area contributed by atoms with E-state index in [0.717, 1.165) is 5.56 Å². The van der Waals surface area contributed by atoms with Gasteiger partial charge in [-0.2, -0.15) is 5.10 Å². The Kier molecular flexibility index (Phi) is 4.70. The van der Waals surface area contributed by atoms with Gasteiger partial charge in [-0.25, -0.2) is 19.3 Å². The highest BCUT2D eigenvalue weighted by molar-refractivity contribution is 5.99. The second kappa shape index (κ2) is 7.31. The molecule has 4 rings (SSSR count). The van der Waals surface area contributed by atoms with Gasteiger partial charge in [-0.15, -0.1) is 0 Å². The van der Waals surface area contributed by atoms with Gasteiger partial charge in [0.1, 0.15) is 12.1 Å². The number of aromatic nitrogens is 5. The zero-order chi connectivity index (χ0) is 19.7. The Balaban J connectivity index is 0.00000240. The third kappa shape index (κ3) is 3.29. The van der Waals surface area contributed by atoms with Gasteiger partial charge in [-0.05, 0) is 24.6 Å². The van der Waals surface area contributed by atoms with Crippen LogP contribution >= 0.6 is 0 Å². The van der Waals surface area contributed by atoms with Gasteiger partial charge in [-0.3, -0.25) is 9.89 Å². The van der Waals surface area contributed by atoms with Crippen LogP contribution in [0, 0.1) is 12.7 Å². The maximum atomic E-state index is 14.7. The molecule has 1 aliphatic rings. The lowest BCUT2D eigenvalue weighted by atomic mass is 10.0. The van der Waals surface area contributed by atoms with Gasteiger partial charge in [0.25, 0.3) is 0 Å². The summed E-state index contributed by atoms with van der Waals surface area (Å²) in [6, 6.07) is 3.10. The van der Waals surface area contributed by atoms with Crippen LogP contribution in [0.5, 0.6) is 0 Å². The van der Waals surface area contributed by atoms with Gasteiger partial charge in [0.2, 0.25) is 5.91 Å². The van der Waals surface area contributed by atoms with E-state index in [1.54, 1.807) is 18.1 Å². The average molecular weight is 385 g/mol. The van der Waals surface area contributed by atoms with Gasteiger partial charge < -0.3 is 15.0 Å². The smallest absolute Gasteiger partial charge is 0.245 e. The molecular formula is C18H20FN7O2. The van der Waals surface area contributed by atoms with Crippen LogP contribution in [0.15, 0.2) is 24.7 Å². The number of carbonyl (C=O) groups is 1. The van der Waals surface area contributed by atoms with Crippen molar-refractivity contribution in [1.29, 1.82) is 0 Å². The molecule has 0 atom stereocenters. The summed E-state index contributed by atoms with van der Waals surface area (Å²) in [7, 11) is 1.59. The molecule has 1 aliphatic heterocycles. The van der Waals surface area contributed by atoms with Gasteiger partial charge in [-0.1, -0.05) is 0 Å². The lowest BCUT2D eigenvalue weighted by Crippen LogP contribution is -2.41. The summed E-state index contributed by atoms with van der Waals surface area (Å²) in [6.45, 7) is 2.96. The number of rotatable bonds is 5. The van der Waals surface area contributed by atoms with Crippen molar-refractivity contribution in [3.05, 3.63) is 36.0 Å². The van der Waals surface area contributed by atoms with E-state index in [4.69, 9.17) is 4.74 Å². The minimum atomic E-state index is -0.443. The largest absolute Gasteiger partial charge is 0.383 e. The van der Waals surface area contributed by atoms with Crippen LogP contribution in [0.2, 0.25) is 0 Å². The number of benzene rings is 1. The molecule has 2 N–H and O–H groups in total. The number of anilines is 2. The van der Waals surface area contributed by atoms with E-state index in [0.29, 0.717) is 47.4 Å². The first-order valence-electron chi connectivity index (χ1n) is 8.64. The first-order valence-corrected chi connectivity index (χ1v) is 8.64. The second-order valence-corrected chi connectivity index (χ2v) is 6.37. The number of methoxy groups -OCH3 is 1. The standard InChI is InChI=1S/C18H18FN7O2.H2/c1-10-5-12(16-21-9-22-25-16)13(19)6-11(10)14-7-20-17-18(23-14)26(3-4-28-2)8-15(27)24-17;/h5-7,9H,3-4,8H2,1-2H3,(H,20,24,27)(H,21,22,25);1H. The third-order valence-corrected chi connectivity index (χ3v) is 4.47. The Morgan fingerprint density at radius 1 is 1.32 bits per heavy atom. The van der Waals surface area contributed by atoms with Crippen LogP contribution in [-0.4, -0.2) is 57.9 Å². The predicted molar refractivity (Wildman–Crippen MR) is 102 cm³/mol. The van der Waals surface area contributed by atoms with Gasteiger partial charge in [0.15, 0.2) is 17.5 Å². The molecular weight excluding hydrogens is 365 g/mol. The first-order chi connectivity index (χ1) is 13.6. The number of fused-ring (bicyclic) bond motifs is 1. The van der Waals surface area contributed by atoms with Crippen molar-refractivity contribution >= 4 is 17.5 Å². The number of nitrogens with zero attached hydrogens (tertiary/aromatic N) is 5. The molecule has 0 aliphatic carbocycles. The molecule has 1 aromatic carbocycles. The normalized spacial score (nSPS) is 13.4. The number of hydrogen-bond acceptors (Lipinski definition) is 7. The molecule has 1 amide bonds. The van der Waals surface area contributed by atoms with Crippen LogP contribution in [0.1, 0.15) is 6.99 Å². The molecule has 9 nitrogen and oxygen atoms in total. The molecule has 0 fully saturated rings. The number of carbonyl (C=O) groups excluding carboxylic acids is 1. The number of aryl methyl sites for hydroxylation is 1. The highest BCUT2D eigenvalue weighted by atomic mass is 19.1. The SMILES string of the molecule is COCCN1CC(=O)Nc2ncc(-c3cc(F)c(-c4ncn[nH]4)cc3C)nc21.[HH]. The summed E-state index contributed by atoms with van der Waals surface area (Å²) in [4.78, 5) is 26.6. The summed E-state index contributed by atoms with van der Waals surface area (Å²) in [5, 5.41) is 9.14. The molecule has 0 spiro atoms. The first kappa shape index (κ1) is 18.0. The Morgan fingerprint density at radius 2 is 2.18 bits per heavy atom. The lowest BCUT2D eigenvalue weighted by Gasteiger charge is -2.29. The Morgan fingerprint density at radius 3 is 2.93 bits per heavy atom. The molecule has 3 aromatic rings. The fourth-order valence-corrected chi connectivity index (χ4v) is 3.10. The van der Waals surface area contributed by atoms with Gasteiger partial charge in [0, 0.05) is 20.6 Å². The summed E-state index contributed by atoms with van der Waals surface area (Å²) in [5.74, 6) is 0.670. The Hall–Kier alpha value is -3.40. The van der Waals surface area contributed by atoms with Crippen LogP contribution in [0.3, 0.4) is 0 Å². The number of halogens is 1. The molecule has 146 valence electrons.